The lowest BCUT2D eigenvalue weighted by atomic mass is 10.1. The number of amidine groups is 1. The number of rotatable bonds is 7. The molecule has 0 saturated carbocycles. The van der Waals surface area contributed by atoms with Gasteiger partial charge >= 0.3 is 0 Å². The third kappa shape index (κ3) is 5.00. The summed E-state index contributed by atoms with van der Waals surface area (Å²) in [4.78, 5) is 2.31. The smallest absolute Gasteiger partial charge is 0.122 e. The normalized spacial score (nSPS) is 10.8. The predicted molar refractivity (Wildman–Crippen MR) is 73.3 cm³/mol. The van der Waals surface area contributed by atoms with Crippen molar-refractivity contribution in [2.24, 2.45) is 5.73 Å². The van der Waals surface area contributed by atoms with Crippen LogP contribution in [0.15, 0.2) is 24.3 Å². The summed E-state index contributed by atoms with van der Waals surface area (Å²) >= 11 is 0. The van der Waals surface area contributed by atoms with Gasteiger partial charge in [-0.05, 0) is 31.6 Å². The van der Waals surface area contributed by atoms with Gasteiger partial charge in [-0.15, -0.1) is 0 Å². The van der Waals surface area contributed by atoms with Gasteiger partial charge in [-0.1, -0.05) is 38.0 Å². The van der Waals surface area contributed by atoms with Gasteiger partial charge in [0.25, 0.3) is 0 Å². The number of nitrogens with zero attached hydrogens (tertiary/aromatic N) is 1. The topological polar surface area (TPSA) is 53.1 Å². The van der Waals surface area contributed by atoms with Gasteiger partial charge < -0.3 is 10.6 Å². The molecular weight excluding hydrogens is 210 g/mol. The van der Waals surface area contributed by atoms with E-state index in [1.807, 2.05) is 18.2 Å². The monoisotopic (exact) mass is 233 g/mol. The summed E-state index contributed by atoms with van der Waals surface area (Å²) in [7, 11) is 2.14. The van der Waals surface area contributed by atoms with Crippen LogP contribution in [-0.2, 0) is 6.54 Å². The van der Waals surface area contributed by atoms with Crippen molar-refractivity contribution in [3.05, 3.63) is 35.4 Å². The number of nitrogens with two attached hydrogens (primary N) is 1. The molecule has 0 saturated heterocycles. The first kappa shape index (κ1) is 13.7. The minimum atomic E-state index is 0.139. The first-order valence-electron chi connectivity index (χ1n) is 6.25. The van der Waals surface area contributed by atoms with Gasteiger partial charge in [0.2, 0.25) is 0 Å². The molecule has 3 N–H and O–H groups in total. The molecule has 0 spiro atoms. The van der Waals surface area contributed by atoms with Gasteiger partial charge in [-0.25, -0.2) is 0 Å². The van der Waals surface area contributed by atoms with Gasteiger partial charge in [0, 0.05) is 12.1 Å². The van der Waals surface area contributed by atoms with Gasteiger partial charge in [0.15, 0.2) is 0 Å². The zero-order valence-corrected chi connectivity index (χ0v) is 10.9. The average molecular weight is 233 g/mol. The molecule has 0 aliphatic rings. The van der Waals surface area contributed by atoms with E-state index in [0.717, 1.165) is 18.7 Å². The summed E-state index contributed by atoms with van der Waals surface area (Å²) in [6, 6.07) is 7.93. The summed E-state index contributed by atoms with van der Waals surface area (Å²) in [5.74, 6) is 0.139. The maximum atomic E-state index is 7.41. The van der Waals surface area contributed by atoms with E-state index in [0.29, 0.717) is 0 Å². The van der Waals surface area contributed by atoms with Crippen LogP contribution in [0, 0.1) is 5.41 Å². The van der Waals surface area contributed by atoms with Gasteiger partial charge in [-0.2, -0.15) is 0 Å². The molecule has 3 nitrogen and oxygen atoms in total. The lowest BCUT2D eigenvalue weighted by Crippen LogP contribution is -2.19. The molecule has 0 aliphatic carbocycles. The molecule has 17 heavy (non-hydrogen) atoms. The zero-order valence-electron chi connectivity index (χ0n) is 10.9. The summed E-state index contributed by atoms with van der Waals surface area (Å²) in [6.07, 6.45) is 3.80. The van der Waals surface area contributed by atoms with Crippen molar-refractivity contribution in [1.29, 1.82) is 5.41 Å². The predicted octanol–water partition coefficient (Wildman–Crippen LogP) is 2.59. The molecule has 1 rings (SSSR count). The fourth-order valence-corrected chi connectivity index (χ4v) is 1.86. The zero-order chi connectivity index (χ0) is 12.7. The minimum Gasteiger partial charge on any atom is -0.384 e. The third-order valence-corrected chi connectivity index (χ3v) is 2.83. The number of hydrogen-bond acceptors (Lipinski definition) is 2. The van der Waals surface area contributed by atoms with Crippen LogP contribution in [0.5, 0.6) is 0 Å². The molecule has 0 aromatic heterocycles. The van der Waals surface area contributed by atoms with E-state index in [1.165, 1.54) is 24.8 Å². The Hall–Kier alpha value is -1.35. The Morgan fingerprint density at radius 3 is 2.76 bits per heavy atom. The molecule has 0 aliphatic heterocycles. The molecule has 1 aromatic rings. The molecule has 0 atom stereocenters. The standard InChI is InChI=1S/C14H23N3/c1-3-4-5-9-17(2)11-12-7-6-8-13(10-12)14(15)16/h6-8,10H,3-5,9,11H2,1-2H3,(H3,15,16). The second kappa shape index (κ2) is 7.07. The van der Waals surface area contributed by atoms with Crippen molar-refractivity contribution in [1.82, 2.24) is 4.90 Å². The highest BCUT2D eigenvalue weighted by Gasteiger charge is 2.02. The van der Waals surface area contributed by atoms with Crippen LogP contribution < -0.4 is 5.73 Å². The van der Waals surface area contributed by atoms with Crippen LogP contribution in [0.1, 0.15) is 37.3 Å². The molecule has 0 bridgehead atoms. The first-order valence-corrected chi connectivity index (χ1v) is 6.25. The largest absolute Gasteiger partial charge is 0.384 e. The van der Waals surface area contributed by atoms with Crippen molar-refractivity contribution in [3.63, 3.8) is 0 Å². The molecule has 0 amide bonds. The Kier molecular flexibility index (Phi) is 5.70. The van der Waals surface area contributed by atoms with E-state index in [1.54, 1.807) is 0 Å². The van der Waals surface area contributed by atoms with Gasteiger partial charge in [0.1, 0.15) is 5.84 Å². The number of benzene rings is 1. The van der Waals surface area contributed by atoms with Crippen molar-refractivity contribution in [3.8, 4) is 0 Å². The Morgan fingerprint density at radius 2 is 2.12 bits per heavy atom. The van der Waals surface area contributed by atoms with Crippen LogP contribution >= 0.6 is 0 Å². The summed E-state index contributed by atoms with van der Waals surface area (Å²) in [6.45, 7) is 4.26. The first-order chi connectivity index (χ1) is 8.13. The van der Waals surface area contributed by atoms with Crippen LogP contribution in [0.3, 0.4) is 0 Å². The SMILES string of the molecule is CCCCCN(C)Cc1cccc(C(=N)N)c1. The molecule has 0 unspecified atom stereocenters. The van der Waals surface area contributed by atoms with Crippen molar-refractivity contribution in [2.75, 3.05) is 13.6 Å². The van der Waals surface area contributed by atoms with Crippen molar-refractivity contribution >= 4 is 5.84 Å². The summed E-state index contributed by atoms with van der Waals surface area (Å²) < 4.78 is 0. The fraction of sp³-hybridized carbons (Fsp3) is 0.500. The Balaban J connectivity index is 2.50. The maximum absolute atomic E-state index is 7.41. The second-order valence-electron chi connectivity index (χ2n) is 4.56. The molecule has 1 aromatic carbocycles. The average Bonchev–Trinajstić information content (AvgIpc) is 2.29. The lowest BCUT2D eigenvalue weighted by Gasteiger charge is -2.16. The molecule has 0 radical (unpaired) electrons. The molecular formula is C14H23N3. The van der Waals surface area contributed by atoms with E-state index >= 15 is 0 Å². The van der Waals surface area contributed by atoms with Crippen molar-refractivity contribution in [2.45, 2.75) is 32.7 Å². The van der Waals surface area contributed by atoms with Gasteiger partial charge in [-0.3, -0.25) is 5.41 Å². The molecule has 3 heteroatoms. The highest BCUT2D eigenvalue weighted by Crippen LogP contribution is 2.08. The van der Waals surface area contributed by atoms with Crippen LogP contribution in [-0.4, -0.2) is 24.3 Å². The van der Waals surface area contributed by atoms with E-state index in [4.69, 9.17) is 11.1 Å². The van der Waals surface area contributed by atoms with E-state index in [9.17, 15) is 0 Å². The molecule has 0 heterocycles. The van der Waals surface area contributed by atoms with Gasteiger partial charge in [0.05, 0.1) is 0 Å². The summed E-state index contributed by atoms with van der Waals surface area (Å²) in [5, 5.41) is 7.41. The highest BCUT2D eigenvalue weighted by atomic mass is 15.1. The minimum absolute atomic E-state index is 0.139. The van der Waals surface area contributed by atoms with Crippen LogP contribution in [0.25, 0.3) is 0 Å². The Labute approximate surface area is 104 Å². The Morgan fingerprint density at radius 1 is 1.35 bits per heavy atom. The highest BCUT2D eigenvalue weighted by molar-refractivity contribution is 5.95. The number of nitrogen functional groups attached to an aromatic ring is 1. The van der Waals surface area contributed by atoms with Crippen LogP contribution in [0.4, 0.5) is 0 Å². The molecule has 94 valence electrons. The van der Waals surface area contributed by atoms with E-state index in [2.05, 4.69) is 24.9 Å². The lowest BCUT2D eigenvalue weighted by molar-refractivity contribution is 0.318. The number of hydrogen-bond donors (Lipinski definition) is 2. The second-order valence-corrected chi connectivity index (χ2v) is 4.56. The quantitative estimate of drug-likeness (QED) is 0.432. The molecule has 0 fully saturated rings. The number of unbranched alkanes of at least 4 members (excludes halogenated alkanes) is 2. The van der Waals surface area contributed by atoms with Crippen LogP contribution in [0.2, 0.25) is 0 Å². The van der Waals surface area contributed by atoms with E-state index in [-0.39, 0.29) is 5.84 Å². The third-order valence-electron chi connectivity index (χ3n) is 2.83. The Bertz CT molecular complexity index is 360. The van der Waals surface area contributed by atoms with Crippen molar-refractivity contribution < 1.29 is 0 Å². The fourth-order valence-electron chi connectivity index (χ4n) is 1.86. The summed E-state index contributed by atoms with van der Waals surface area (Å²) in [5.41, 5.74) is 7.51. The number of nitrogens with one attached hydrogen (secondary N) is 1. The van der Waals surface area contributed by atoms with E-state index < -0.39 is 0 Å². The maximum Gasteiger partial charge on any atom is 0.122 e.